The fraction of sp³-hybridized carbons (Fsp3) is 0.467. The van der Waals surface area contributed by atoms with Gasteiger partial charge in [-0.2, -0.15) is 0 Å². The normalized spacial score (nSPS) is 12.9. The second-order valence-electron chi connectivity index (χ2n) is 4.69. The Kier molecular flexibility index (Phi) is 5.55. The Balaban J connectivity index is 3.40. The van der Waals surface area contributed by atoms with E-state index in [0.29, 0.717) is 17.2 Å². The lowest BCUT2D eigenvalue weighted by Gasteiger charge is -2.17. The summed E-state index contributed by atoms with van der Waals surface area (Å²) in [6, 6.07) is 3.68. The van der Waals surface area contributed by atoms with Crippen LogP contribution in [0.2, 0.25) is 0 Å². The zero-order valence-electron chi connectivity index (χ0n) is 12.6. The van der Waals surface area contributed by atoms with Gasteiger partial charge in [-0.15, -0.1) is 0 Å². The number of rotatable bonds is 6. The maximum atomic E-state index is 10.7. The summed E-state index contributed by atoms with van der Waals surface area (Å²) in [5, 5.41) is 10.7. The quantitative estimate of drug-likeness (QED) is 0.586. The fourth-order valence-corrected chi connectivity index (χ4v) is 1.94. The maximum absolute atomic E-state index is 10.7. The largest absolute Gasteiger partial charge is 0.496 e. The van der Waals surface area contributed by atoms with Gasteiger partial charge in [-0.1, -0.05) is 13.8 Å². The Labute approximate surface area is 119 Å². The van der Waals surface area contributed by atoms with Gasteiger partial charge < -0.3 is 9.47 Å². The molecule has 5 heteroatoms. The monoisotopic (exact) mass is 279 g/mol. The Morgan fingerprint density at radius 1 is 1.35 bits per heavy atom. The average molecular weight is 279 g/mol. The number of benzene rings is 1. The van der Waals surface area contributed by atoms with Crippen molar-refractivity contribution in [3.63, 3.8) is 0 Å². The second kappa shape index (κ2) is 6.93. The molecule has 1 rings (SSSR count). The number of nitrogens with zero attached hydrogens (tertiary/aromatic N) is 1. The van der Waals surface area contributed by atoms with Gasteiger partial charge in [0.05, 0.1) is 19.1 Å². The van der Waals surface area contributed by atoms with E-state index in [-0.39, 0.29) is 5.70 Å². The number of hydrogen-bond acceptors (Lipinski definition) is 4. The molecule has 0 aromatic heterocycles. The van der Waals surface area contributed by atoms with Gasteiger partial charge in [0.2, 0.25) is 5.70 Å². The molecule has 20 heavy (non-hydrogen) atoms. The molecular formula is C15H21NO4. The van der Waals surface area contributed by atoms with Crippen LogP contribution in [-0.2, 0) is 0 Å². The Hall–Kier alpha value is -2.04. The molecule has 0 saturated carbocycles. The highest BCUT2D eigenvalue weighted by molar-refractivity contribution is 5.63. The first kappa shape index (κ1) is 16.0. The third kappa shape index (κ3) is 3.50. The molecule has 110 valence electrons. The molecule has 0 fully saturated rings. The van der Waals surface area contributed by atoms with E-state index in [1.54, 1.807) is 20.3 Å². The third-order valence-corrected chi connectivity index (χ3v) is 3.38. The molecule has 1 aromatic carbocycles. The Morgan fingerprint density at radius 3 is 2.40 bits per heavy atom. The third-order valence-electron chi connectivity index (χ3n) is 3.38. The number of ether oxygens (including phenoxy) is 2. The van der Waals surface area contributed by atoms with Gasteiger partial charge >= 0.3 is 0 Å². The van der Waals surface area contributed by atoms with Crippen LogP contribution in [0.25, 0.3) is 6.08 Å². The van der Waals surface area contributed by atoms with Crippen LogP contribution in [0.5, 0.6) is 11.5 Å². The van der Waals surface area contributed by atoms with Crippen molar-refractivity contribution in [1.82, 2.24) is 0 Å². The van der Waals surface area contributed by atoms with E-state index in [1.807, 2.05) is 6.07 Å². The minimum Gasteiger partial charge on any atom is -0.496 e. The van der Waals surface area contributed by atoms with Crippen LogP contribution in [0.15, 0.2) is 17.8 Å². The molecule has 1 atom stereocenters. The van der Waals surface area contributed by atoms with Crippen molar-refractivity contribution < 1.29 is 14.4 Å². The van der Waals surface area contributed by atoms with Crippen LogP contribution in [-0.4, -0.2) is 19.1 Å². The van der Waals surface area contributed by atoms with Crippen molar-refractivity contribution in [1.29, 1.82) is 0 Å². The Morgan fingerprint density at radius 2 is 1.95 bits per heavy atom. The summed E-state index contributed by atoms with van der Waals surface area (Å²) in [7, 11) is 3.16. The van der Waals surface area contributed by atoms with Crippen LogP contribution < -0.4 is 9.47 Å². The SMILES string of the molecule is CC[C@@H](C)c1cc(OC)c(/C=C(\C)[N+](=O)[O-])cc1OC. The summed E-state index contributed by atoms with van der Waals surface area (Å²) >= 11 is 0. The van der Waals surface area contributed by atoms with Crippen molar-refractivity contribution in [2.24, 2.45) is 0 Å². The van der Waals surface area contributed by atoms with Crippen LogP contribution in [0.4, 0.5) is 0 Å². The number of nitro groups is 1. The molecule has 5 nitrogen and oxygen atoms in total. The lowest BCUT2D eigenvalue weighted by atomic mass is 9.95. The summed E-state index contributed by atoms with van der Waals surface area (Å²) in [4.78, 5) is 10.3. The van der Waals surface area contributed by atoms with Gasteiger partial charge in [-0.05, 0) is 24.5 Å². The van der Waals surface area contributed by atoms with E-state index in [1.165, 1.54) is 13.0 Å². The van der Waals surface area contributed by atoms with E-state index in [2.05, 4.69) is 13.8 Å². The van der Waals surface area contributed by atoms with Crippen LogP contribution >= 0.6 is 0 Å². The lowest BCUT2D eigenvalue weighted by Crippen LogP contribution is -2.00. The van der Waals surface area contributed by atoms with E-state index in [4.69, 9.17) is 9.47 Å². The summed E-state index contributed by atoms with van der Waals surface area (Å²) < 4.78 is 10.7. The molecule has 0 radical (unpaired) electrons. The highest BCUT2D eigenvalue weighted by atomic mass is 16.6. The molecule has 0 unspecified atom stereocenters. The van der Waals surface area contributed by atoms with Gasteiger partial charge in [0.15, 0.2) is 0 Å². The molecule has 1 aromatic rings. The first-order valence-corrected chi connectivity index (χ1v) is 6.53. The predicted octanol–water partition coefficient (Wildman–Crippen LogP) is 3.85. The first-order chi connectivity index (χ1) is 9.44. The standard InChI is InChI=1S/C15H21NO4/c1-6-10(2)13-9-14(19-4)12(8-15(13)20-5)7-11(3)16(17)18/h7-10H,6H2,1-5H3/b11-7+/t10-/m1/s1. The topological polar surface area (TPSA) is 61.6 Å². The molecular weight excluding hydrogens is 258 g/mol. The van der Waals surface area contributed by atoms with Gasteiger partial charge in [0.25, 0.3) is 0 Å². The van der Waals surface area contributed by atoms with Gasteiger partial charge in [-0.3, -0.25) is 10.1 Å². The van der Waals surface area contributed by atoms with Crippen LogP contribution in [0.1, 0.15) is 44.2 Å². The summed E-state index contributed by atoms with van der Waals surface area (Å²) in [5.41, 5.74) is 1.75. The number of methoxy groups -OCH3 is 2. The number of hydrogen-bond donors (Lipinski definition) is 0. The van der Waals surface area contributed by atoms with E-state index >= 15 is 0 Å². The van der Waals surface area contributed by atoms with Crippen molar-refractivity contribution in [2.45, 2.75) is 33.1 Å². The van der Waals surface area contributed by atoms with Crippen LogP contribution in [0.3, 0.4) is 0 Å². The highest BCUT2D eigenvalue weighted by Gasteiger charge is 2.15. The van der Waals surface area contributed by atoms with Crippen molar-refractivity contribution in [3.05, 3.63) is 39.1 Å². The summed E-state index contributed by atoms with van der Waals surface area (Å²) in [5.74, 6) is 1.67. The first-order valence-electron chi connectivity index (χ1n) is 6.53. The van der Waals surface area contributed by atoms with E-state index in [9.17, 15) is 10.1 Å². The lowest BCUT2D eigenvalue weighted by molar-refractivity contribution is -0.422. The second-order valence-corrected chi connectivity index (χ2v) is 4.69. The molecule has 0 saturated heterocycles. The minimum absolute atomic E-state index is 0.0571. The maximum Gasteiger partial charge on any atom is 0.243 e. The molecule has 0 aliphatic rings. The number of allylic oxidation sites excluding steroid dienone is 1. The highest BCUT2D eigenvalue weighted by Crippen LogP contribution is 2.35. The smallest absolute Gasteiger partial charge is 0.243 e. The van der Waals surface area contributed by atoms with Crippen molar-refractivity contribution in [2.75, 3.05) is 14.2 Å². The minimum atomic E-state index is -0.422. The van der Waals surface area contributed by atoms with Crippen LogP contribution in [0, 0.1) is 10.1 Å². The summed E-state index contributed by atoms with van der Waals surface area (Å²) in [6.07, 6.45) is 2.46. The molecule has 0 aliphatic heterocycles. The van der Waals surface area contributed by atoms with Gasteiger partial charge in [-0.25, -0.2) is 0 Å². The average Bonchev–Trinajstić information content (AvgIpc) is 2.45. The zero-order valence-corrected chi connectivity index (χ0v) is 12.6. The molecule has 0 N–H and O–H groups in total. The molecule has 0 aliphatic carbocycles. The van der Waals surface area contributed by atoms with Gasteiger partial charge in [0.1, 0.15) is 11.5 Å². The van der Waals surface area contributed by atoms with Gasteiger partial charge in [0, 0.05) is 24.1 Å². The predicted molar refractivity (Wildman–Crippen MR) is 78.9 cm³/mol. The molecule has 0 spiro atoms. The zero-order chi connectivity index (χ0) is 15.3. The van der Waals surface area contributed by atoms with E-state index in [0.717, 1.165) is 17.7 Å². The van der Waals surface area contributed by atoms with E-state index < -0.39 is 4.92 Å². The van der Waals surface area contributed by atoms with Crippen molar-refractivity contribution >= 4 is 6.08 Å². The van der Waals surface area contributed by atoms with Crippen molar-refractivity contribution in [3.8, 4) is 11.5 Å². The molecule has 0 bridgehead atoms. The molecule has 0 amide bonds. The summed E-state index contributed by atoms with van der Waals surface area (Å²) in [6.45, 7) is 5.66. The fourth-order valence-electron chi connectivity index (χ4n) is 1.94. The molecule has 0 heterocycles. The Bertz CT molecular complexity index is 523.